The first-order valence-electron chi connectivity index (χ1n) is 8.23. The topological polar surface area (TPSA) is 45.7 Å². The van der Waals surface area contributed by atoms with E-state index in [9.17, 15) is 4.79 Å². The molecule has 0 saturated carbocycles. The molecule has 0 unspecified atom stereocenters. The molecular weight excluding hydrogens is 278 g/mol. The van der Waals surface area contributed by atoms with Gasteiger partial charge in [-0.2, -0.15) is 0 Å². The smallest absolute Gasteiger partial charge is 0.227 e. The van der Waals surface area contributed by atoms with Gasteiger partial charge in [0.25, 0.3) is 0 Å². The number of pyridine rings is 1. The van der Waals surface area contributed by atoms with Crippen molar-refractivity contribution < 1.29 is 9.53 Å². The van der Waals surface area contributed by atoms with Gasteiger partial charge in [-0.25, -0.2) is 4.98 Å². The lowest BCUT2D eigenvalue weighted by atomic mass is 9.96. The molecule has 3 heterocycles. The van der Waals surface area contributed by atoms with Gasteiger partial charge >= 0.3 is 0 Å². The molecule has 1 aromatic rings. The van der Waals surface area contributed by atoms with Crippen LogP contribution >= 0.6 is 0 Å². The fourth-order valence-corrected chi connectivity index (χ4v) is 3.54. The molecule has 2 aliphatic rings. The van der Waals surface area contributed by atoms with E-state index in [1.54, 1.807) is 0 Å². The van der Waals surface area contributed by atoms with Crippen LogP contribution in [0.3, 0.4) is 0 Å². The Bertz CT molecular complexity index is 498. The maximum Gasteiger partial charge on any atom is 0.227 e. The average molecular weight is 303 g/mol. The lowest BCUT2D eigenvalue weighted by Crippen LogP contribution is -2.52. The molecule has 5 nitrogen and oxygen atoms in total. The SMILES string of the molecule is C[C@@H]1CN(C(=O)[C@@H]2CCCN(c3ccccn3)C2)C[C@@H](C)O1. The van der Waals surface area contributed by atoms with Gasteiger partial charge in [0, 0.05) is 32.4 Å². The first-order chi connectivity index (χ1) is 10.6. The standard InChI is InChI=1S/C17H25N3O2/c1-13-10-20(11-14(2)22-13)17(21)15-6-5-9-19(12-15)16-7-3-4-8-18-16/h3-4,7-8,13-15H,5-6,9-12H2,1-2H3/t13-,14-,15-/m1/s1. The third kappa shape index (κ3) is 3.40. The number of amides is 1. The zero-order valence-corrected chi connectivity index (χ0v) is 13.4. The van der Waals surface area contributed by atoms with Crippen LogP contribution in [-0.2, 0) is 9.53 Å². The third-order valence-electron chi connectivity index (χ3n) is 4.48. The van der Waals surface area contributed by atoms with Crippen LogP contribution in [0.15, 0.2) is 24.4 Å². The van der Waals surface area contributed by atoms with E-state index in [1.807, 2.05) is 43.1 Å². The number of nitrogens with zero attached hydrogens (tertiary/aromatic N) is 3. The fraction of sp³-hybridized carbons (Fsp3) is 0.647. The Balaban J connectivity index is 1.65. The van der Waals surface area contributed by atoms with Crippen molar-refractivity contribution in [1.82, 2.24) is 9.88 Å². The molecule has 2 saturated heterocycles. The lowest BCUT2D eigenvalue weighted by Gasteiger charge is -2.39. The maximum atomic E-state index is 12.8. The van der Waals surface area contributed by atoms with E-state index in [2.05, 4.69) is 9.88 Å². The van der Waals surface area contributed by atoms with E-state index in [4.69, 9.17) is 4.74 Å². The molecule has 0 spiro atoms. The highest BCUT2D eigenvalue weighted by atomic mass is 16.5. The average Bonchev–Trinajstić information content (AvgIpc) is 2.54. The van der Waals surface area contributed by atoms with Gasteiger partial charge in [0.05, 0.1) is 18.1 Å². The highest BCUT2D eigenvalue weighted by molar-refractivity contribution is 5.80. The number of hydrogen-bond donors (Lipinski definition) is 0. The summed E-state index contributed by atoms with van der Waals surface area (Å²) in [5.41, 5.74) is 0. The van der Waals surface area contributed by atoms with Crippen LogP contribution in [-0.4, -0.2) is 54.2 Å². The molecule has 2 fully saturated rings. The zero-order valence-electron chi connectivity index (χ0n) is 13.4. The Morgan fingerprint density at radius 3 is 2.68 bits per heavy atom. The molecule has 120 valence electrons. The number of carbonyl (C=O) groups excluding carboxylic acids is 1. The molecule has 0 radical (unpaired) electrons. The summed E-state index contributed by atoms with van der Waals surface area (Å²) in [6, 6.07) is 5.94. The molecular formula is C17H25N3O2. The van der Waals surface area contributed by atoms with Crippen molar-refractivity contribution >= 4 is 11.7 Å². The van der Waals surface area contributed by atoms with Crippen LogP contribution in [0.25, 0.3) is 0 Å². The summed E-state index contributed by atoms with van der Waals surface area (Å²) in [7, 11) is 0. The minimum Gasteiger partial charge on any atom is -0.372 e. The molecule has 3 atom stereocenters. The molecule has 0 aliphatic carbocycles. The van der Waals surface area contributed by atoms with Crippen LogP contribution < -0.4 is 4.90 Å². The Hall–Kier alpha value is -1.62. The normalized spacial score (nSPS) is 29.5. The van der Waals surface area contributed by atoms with Gasteiger partial charge in [-0.1, -0.05) is 6.07 Å². The monoisotopic (exact) mass is 303 g/mol. The van der Waals surface area contributed by atoms with Crippen LogP contribution in [0, 0.1) is 5.92 Å². The van der Waals surface area contributed by atoms with Crippen LogP contribution in [0.4, 0.5) is 5.82 Å². The van der Waals surface area contributed by atoms with Crippen molar-refractivity contribution in [2.75, 3.05) is 31.1 Å². The highest BCUT2D eigenvalue weighted by Crippen LogP contribution is 2.24. The van der Waals surface area contributed by atoms with Crippen LogP contribution in [0.1, 0.15) is 26.7 Å². The molecule has 0 aromatic carbocycles. The van der Waals surface area contributed by atoms with Gasteiger partial charge in [0.1, 0.15) is 5.82 Å². The molecule has 22 heavy (non-hydrogen) atoms. The Labute approximate surface area is 132 Å². The van der Waals surface area contributed by atoms with E-state index < -0.39 is 0 Å². The zero-order chi connectivity index (χ0) is 15.5. The minimum atomic E-state index is 0.0771. The summed E-state index contributed by atoms with van der Waals surface area (Å²) < 4.78 is 5.73. The van der Waals surface area contributed by atoms with Crippen molar-refractivity contribution in [3.8, 4) is 0 Å². The largest absolute Gasteiger partial charge is 0.372 e. The first kappa shape index (κ1) is 15.3. The lowest BCUT2D eigenvalue weighted by molar-refractivity contribution is -0.147. The van der Waals surface area contributed by atoms with Gasteiger partial charge in [-0.15, -0.1) is 0 Å². The van der Waals surface area contributed by atoms with E-state index in [-0.39, 0.29) is 24.0 Å². The second-order valence-corrected chi connectivity index (χ2v) is 6.47. The van der Waals surface area contributed by atoms with Crippen molar-refractivity contribution in [2.45, 2.75) is 38.9 Å². The van der Waals surface area contributed by atoms with Crippen molar-refractivity contribution in [3.05, 3.63) is 24.4 Å². The molecule has 0 bridgehead atoms. The van der Waals surface area contributed by atoms with Gasteiger partial charge in [-0.05, 0) is 38.8 Å². The number of aromatic nitrogens is 1. The summed E-state index contributed by atoms with van der Waals surface area (Å²) >= 11 is 0. The van der Waals surface area contributed by atoms with Crippen molar-refractivity contribution in [2.24, 2.45) is 5.92 Å². The number of carbonyl (C=O) groups is 1. The Morgan fingerprint density at radius 2 is 2.00 bits per heavy atom. The Kier molecular flexibility index (Phi) is 4.62. The van der Waals surface area contributed by atoms with Crippen molar-refractivity contribution in [3.63, 3.8) is 0 Å². The summed E-state index contributed by atoms with van der Waals surface area (Å²) in [4.78, 5) is 21.5. The number of anilines is 1. The number of piperidine rings is 1. The van der Waals surface area contributed by atoms with Gasteiger partial charge < -0.3 is 14.5 Å². The fourth-order valence-electron chi connectivity index (χ4n) is 3.54. The maximum absolute atomic E-state index is 12.8. The molecule has 0 N–H and O–H groups in total. The van der Waals surface area contributed by atoms with E-state index in [0.717, 1.165) is 31.7 Å². The number of hydrogen-bond acceptors (Lipinski definition) is 4. The summed E-state index contributed by atoms with van der Waals surface area (Å²) in [5, 5.41) is 0. The molecule has 5 heteroatoms. The van der Waals surface area contributed by atoms with E-state index in [1.165, 1.54) is 0 Å². The van der Waals surface area contributed by atoms with Gasteiger partial charge in [-0.3, -0.25) is 4.79 Å². The summed E-state index contributed by atoms with van der Waals surface area (Å²) in [6.45, 7) is 7.26. The van der Waals surface area contributed by atoms with Crippen LogP contribution in [0.5, 0.6) is 0 Å². The number of morpholine rings is 1. The molecule has 1 amide bonds. The van der Waals surface area contributed by atoms with E-state index >= 15 is 0 Å². The summed E-state index contributed by atoms with van der Waals surface area (Å²) in [5.74, 6) is 1.33. The summed E-state index contributed by atoms with van der Waals surface area (Å²) in [6.07, 6.45) is 4.09. The van der Waals surface area contributed by atoms with Crippen molar-refractivity contribution in [1.29, 1.82) is 0 Å². The highest BCUT2D eigenvalue weighted by Gasteiger charge is 2.33. The van der Waals surface area contributed by atoms with E-state index in [0.29, 0.717) is 13.1 Å². The number of rotatable bonds is 2. The third-order valence-corrected chi connectivity index (χ3v) is 4.48. The quantitative estimate of drug-likeness (QED) is 0.837. The second kappa shape index (κ2) is 6.65. The molecule has 1 aromatic heterocycles. The first-order valence-corrected chi connectivity index (χ1v) is 8.23. The predicted octanol–water partition coefficient (Wildman–Crippen LogP) is 1.93. The number of ether oxygens (including phenoxy) is 1. The predicted molar refractivity (Wildman–Crippen MR) is 85.8 cm³/mol. The van der Waals surface area contributed by atoms with Gasteiger partial charge in [0.15, 0.2) is 0 Å². The minimum absolute atomic E-state index is 0.0771. The van der Waals surface area contributed by atoms with Crippen LogP contribution in [0.2, 0.25) is 0 Å². The van der Waals surface area contributed by atoms with Gasteiger partial charge in [0.2, 0.25) is 5.91 Å². The molecule has 2 aliphatic heterocycles. The second-order valence-electron chi connectivity index (χ2n) is 6.47. The molecule has 3 rings (SSSR count). The Morgan fingerprint density at radius 1 is 1.23 bits per heavy atom.